The average Bonchev–Trinajstić information content (AvgIpc) is 3.35. The van der Waals surface area contributed by atoms with Gasteiger partial charge in [-0.3, -0.25) is 10.9 Å². The maximum Gasteiger partial charge on any atom is 0.350 e. The zero-order chi connectivity index (χ0) is 19.5. The fourth-order valence-corrected chi connectivity index (χ4v) is 3.70. The van der Waals surface area contributed by atoms with E-state index in [9.17, 15) is 4.79 Å². The van der Waals surface area contributed by atoms with Gasteiger partial charge in [-0.05, 0) is 30.5 Å². The summed E-state index contributed by atoms with van der Waals surface area (Å²) in [5, 5.41) is 4.46. The van der Waals surface area contributed by atoms with Crippen molar-refractivity contribution in [3.63, 3.8) is 0 Å². The fraction of sp³-hybridized carbons (Fsp3) is 0.333. The molecule has 1 aliphatic heterocycles. The van der Waals surface area contributed by atoms with Crippen molar-refractivity contribution in [3.05, 3.63) is 76.0 Å². The van der Waals surface area contributed by atoms with E-state index in [0.29, 0.717) is 18.3 Å². The van der Waals surface area contributed by atoms with Crippen molar-refractivity contribution in [3.8, 4) is 11.4 Å². The number of hydrazine groups is 1. The molecule has 0 amide bonds. The van der Waals surface area contributed by atoms with Crippen LogP contribution in [0.15, 0.2) is 53.3 Å². The highest BCUT2D eigenvalue weighted by Gasteiger charge is 2.21. The number of hydrogen-bond acceptors (Lipinski definition) is 5. The monoisotopic (exact) mass is 379 g/mol. The molecule has 1 saturated heterocycles. The van der Waals surface area contributed by atoms with Crippen molar-refractivity contribution in [2.45, 2.75) is 25.8 Å². The summed E-state index contributed by atoms with van der Waals surface area (Å²) < 4.78 is 8.79. The fourth-order valence-electron chi connectivity index (χ4n) is 3.70. The van der Waals surface area contributed by atoms with Crippen molar-refractivity contribution < 1.29 is 4.74 Å². The third kappa shape index (κ3) is 3.58. The van der Waals surface area contributed by atoms with Gasteiger partial charge in [-0.15, -0.1) is 0 Å². The Morgan fingerprint density at radius 3 is 2.61 bits per heavy atom. The molecular weight excluding hydrogens is 354 g/mol. The van der Waals surface area contributed by atoms with Gasteiger partial charge in [0.25, 0.3) is 0 Å². The molecule has 0 bridgehead atoms. The van der Waals surface area contributed by atoms with Gasteiger partial charge in [0, 0.05) is 25.1 Å². The van der Waals surface area contributed by atoms with E-state index >= 15 is 0 Å². The average molecular weight is 379 g/mol. The van der Waals surface area contributed by atoms with Gasteiger partial charge in [0.15, 0.2) is 0 Å². The minimum atomic E-state index is -0.132. The maximum absolute atomic E-state index is 13.0. The van der Waals surface area contributed by atoms with Crippen LogP contribution in [0.2, 0.25) is 0 Å². The first kappa shape index (κ1) is 18.5. The van der Waals surface area contributed by atoms with Crippen molar-refractivity contribution in [1.29, 1.82) is 0 Å². The number of hydrogen-bond donors (Lipinski definition) is 2. The summed E-state index contributed by atoms with van der Waals surface area (Å²) in [7, 11) is 1.66. The number of nitrogens with one attached hydrogen (secondary N) is 2. The van der Waals surface area contributed by atoms with Crippen LogP contribution >= 0.6 is 0 Å². The molecule has 0 aliphatic carbocycles. The normalized spacial score (nSPS) is 14.5. The quantitative estimate of drug-likeness (QED) is 0.683. The second kappa shape index (κ2) is 8.00. The summed E-state index contributed by atoms with van der Waals surface area (Å²) in [4.78, 5) is 13.0. The lowest BCUT2D eigenvalue weighted by molar-refractivity contribution is 0.406. The van der Waals surface area contributed by atoms with Crippen LogP contribution in [-0.4, -0.2) is 34.5 Å². The predicted octanol–water partition coefficient (Wildman–Crippen LogP) is 1.79. The molecule has 2 N–H and O–H groups in total. The van der Waals surface area contributed by atoms with Gasteiger partial charge in [-0.2, -0.15) is 5.10 Å². The van der Waals surface area contributed by atoms with Gasteiger partial charge in [0.2, 0.25) is 0 Å². The molecular formula is C21H25N5O2. The summed E-state index contributed by atoms with van der Waals surface area (Å²) in [6, 6.07) is 16.1. The minimum Gasteiger partial charge on any atom is -0.496 e. The molecule has 1 fully saturated rings. The number of methoxy groups -OCH3 is 1. The first-order chi connectivity index (χ1) is 13.7. The largest absolute Gasteiger partial charge is 0.496 e. The number of aromatic nitrogens is 3. The second-order valence-corrected chi connectivity index (χ2v) is 7.01. The Kier molecular flexibility index (Phi) is 5.27. The van der Waals surface area contributed by atoms with Crippen molar-refractivity contribution in [2.75, 3.05) is 20.2 Å². The molecule has 2 aromatic carbocycles. The van der Waals surface area contributed by atoms with Crippen LogP contribution < -0.4 is 21.3 Å². The molecule has 0 radical (unpaired) electrons. The lowest BCUT2D eigenvalue weighted by Gasteiger charge is -2.15. The Morgan fingerprint density at radius 1 is 1.14 bits per heavy atom. The number of nitrogens with zero attached hydrogens (tertiary/aromatic N) is 3. The van der Waals surface area contributed by atoms with Crippen LogP contribution in [0, 0.1) is 6.92 Å². The Labute approximate surface area is 163 Å². The Balaban J connectivity index is 1.62. The minimum absolute atomic E-state index is 0.132. The summed E-state index contributed by atoms with van der Waals surface area (Å²) in [6.07, 6.45) is 0.765. The van der Waals surface area contributed by atoms with E-state index in [-0.39, 0.29) is 5.69 Å². The van der Waals surface area contributed by atoms with Crippen molar-refractivity contribution >= 4 is 0 Å². The van der Waals surface area contributed by atoms with Crippen LogP contribution in [-0.2, 0) is 13.0 Å². The molecule has 7 nitrogen and oxygen atoms in total. The van der Waals surface area contributed by atoms with E-state index in [2.05, 4.69) is 28.1 Å². The molecule has 3 aromatic rings. The molecule has 4 rings (SSSR count). The highest BCUT2D eigenvalue weighted by molar-refractivity contribution is 5.47. The summed E-state index contributed by atoms with van der Waals surface area (Å²) in [5.74, 6) is 1.80. The molecule has 0 unspecified atom stereocenters. The topological polar surface area (TPSA) is 73.1 Å². The Hall–Kier alpha value is -2.90. The third-order valence-electron chi connectivity index (χ3n) is 5.19. The number of rotatable bonds is 6. The summed E-state index contributed by atoms with van der Waals surface area (Å²) in [6.45, 7) is 4.11. The van der Waals surface area contributed by atoms with Crippen LogP contribution in [0.5, 0.6) is 5.75 Å². The first-order valence-electron chi connectivity index (χ1n) is 9.52. The molecule has 0 saturated carbocycles. The number of aryl methyl sites for hydroxylation is 3. The zero-order valence-corrected chi connectivity index (χ0v) is 16.2. The summed E-state index contributed by atoms with van der Waals surface area (Å²) in [5.41, 5.74) is 9.24. The van der Waals surface area contributed by atoms with Crippen molar-refractivity contribution in [1.82, 2.24) is 25.2 Å². The third-order valence-corrected chi connectivity index (χ3v) is 5.19. The molecule has 146 valence electrons. The van der Waals surface area contributed by atoms with Gasteiger partial charge >= 0.3 is 5.69 Å². The Morgan fingerprint density at radius 2 is 1.89 bits per heavy atom. The SMILES string of the molecule is COc1cc(-n2c(C)nn(CCc3ccccc3)c2=O)ccc1C1CNNC1. The van der Waals surface area contributed by atoms with E-state index in [1.54, 1.807) is 11.7 Å². The highest BCUT2D eigenvalue weighted by atomic mass is 16.5. The van der Waals surface area contributed by atoms with Crippen LogP contribution in [0.1, 0.15) is 22.9 Å². The molecule has 0 atom stereocenters. The maximum atomic E-state index is 13.0. The van der Waals surface area contributed by atoms with E-state index in [4.69, 9.17) is 4.74 Å². The van der Waals surface area contributed by atoms with Crippen LogP contribution in [0.3, 0.4) is 0 Å². The van der Waals surface area contributed by atoms with Crippen molar-refractivity contribution in [2.24, 2.45) is 0 Å². The molecule has 28 heavy (non-hydrogen) atoms. The second-order valence-electron chi connectivity index (χ2n) is 7.01. The lowest BCUT2D eigenvalue weighted by Crippen LogP contribution is -2.25. The first-order valence-corrected chi connectivity index (χ1v) is 9.52. The smallest absolute Gasteiger partial charge is 0.350 e. The van der Waals surface area contributed by atoms with Gasteiger partial charge in [0.05, 0.1) is 19.3 Å². The molecule has 1 aromatic heterocycles. The van der Waals surface area contributed by atoms with Gasteiger partial charge in [-0.25, -0.2) is 14.0 Å². The van der Waals surface area contributed by atoms with Gasteiger partial charge in [-0.1, -0.05) is 36.4 Å². The van der Waals surface area contributed by atoms with E-state index < -0.39 is 0 Å². The number of ether oxygens (including phenoxy) is 1. The van der Waals surface area contributed by atoms with E-state index in [1.807, 2.05) is 43.3 Å². The molecule has 7 heteroatoms. The van der Waals surface area contributed by atoms with Crippen LogP contribution in [0.25, 0.3) is 5.69 Å². The molecule has 2 heterocycles. The molecule has 0 spiro atoms. The standard InChI is InChI=1S/C21H25N5O2/c1-15-24-25(11-10-16-6-4-3-5-7-16)21(27)26(15)18-8-9-19(20(12-18)28-2)17-13-22-23-14-17/h3-9,12,17,22-23H,10-11,13-14H2,1-2H3. The van der Waals surface area contributed by atoms with Gasteiger partial charge < -0.3 is 4.74 Å². The predicted molar refractivity (Wildman–Crippen MR) is 108 cm³/mol. The number of benzene rings is 2. The highest BCUT2D eigenvalue weighted by Crippen LogP contribution is 2.29. The zero-order valence-electron chi connectivity index (χ0n) is 16.2. The Bertz CT molecular complexity index is 1000. The molecule has 1 aliphatic rings. The lowest BCUT2D eigenvalue weighted by atomic mass is 9.99. The van der Waals surface area contributed by atoms with Crippen LogP contribution in [0.4, 0.5) is 0 Å². The van der Waals surface area contributed by atoms with E-state index in [1.165, 1.54) is 10.2 Å². The van der Waals surface area contributed by atoms with Gasteiger partial charge in [0.1, 0.15) is 11.6 Å². The summed E-state index contributed by atoms with van der Waals surface area (Å²) >= 11 is 0. The van der Waals surface area contributed by atoms with E-state index in [0.717, 1.165) is 36.5 Å².